The predicted molar refractivity (Wildman–Crippen MR) is 91.6 cm³/mol. The van der Waals surface area contributed by atoms with Crippen LogP contribution in [0.4, 0.5) is 0 Å². The molecule has 0 fully saturated rings. The van der Waals surface area contributed by atoms with Crippen LogP contribution in [-0.2, 0) is 6.42 Å². The van der Waals surface area contributed by atoms with E-state index in [9.17, 15) is 0 Å². The summed E-state index contributed by atoms with van der Waals surface area (Å²) < 4.78 is 6.13. The predicted octanol–water partition coefficient (Wildman–Crippen LogP) is 5.75. The molecule has 0 amide bonds. The Labute approximate surface area is 130 Å². The molecule has 1 aliphatic heterocycles. The molecule has 2 aromatic carbocycles. The highest BCUT2D eigenvalue weighted by atomic mass is 16.3. The molecule has 1 nitrogen and oxygen atoms in total. The Bertz CT molecular complexity index is 916. The molecule has 108 valence electrons. The van der Waals surface area contributed by atoms with Gasteiger partial charge in [0.15, 0.2) is 0 Å². The molecule has 0 bridgehead atoms. The van der Waals surface area contributed by atoms with Crippen LogP contribution in [0.2, 0.25) is 0 Å². The molecule has 4 rings (SSSR count). The van der Waals surface area contributed by atoms with Crippen LogP contribution in [0, 0.1) is 13.8 Å². The third kappa shape index (κ3) is 2.01. The van der Waals surface area contributed by atoms with E-state index in [1.165, 1.54) is 33.0 Å². The van der Waals surface area contributed by atoms with Crippen molar-refractivity contribution >= 4 is 10.8 Å². The highest BCUT2D eigenvalue weighted by molar-refractivity contribution is 6.02. The second-order valence-electron chi connectivity index (χ2n) is 5.90. The van der Waals surface area contributed by atoms with Gasteiger partial charge < -0.3 is 4.42 Å². The molecule has 0 unspecified atom stereocenters. The van der Waals surface area contributed by atoms with E-state index in [2.05, 4.69) is 74.5 Å². The standard InChI is InChI=1S/C21H18O/c1-14-19(12-16-8-4-3-5-9-16)15(2)22-20-13-17-10-6-7-11-18(17)21(14)20/h3-11,13H,12H2,1-2H3. The topological polar surface area (TPSA) is 13.1 Å². The van der Waals surface area contributed by atoms with Gasteiger partial charge in [0.1, 0.15) is 11.5 Å². The maximum absolute atomic E-state index is 6.13. The summed E-state index contributed by atoms with van der Waals surface area (Å²) in [7, 11) is 0. The first-order valence-electron chi connectivity index (χ1n) is 7.68. The van der Waals surface area contributed by atoms with Crippen LogP contribution in [0.5, 0.6) is 0 Å². The van der Waals surface area contributed by atoms with Gasteiger partial charge in [-0.1, -0.05) is 54.6 Å². The first-order chi connectivity index (χ1) is 10.7. The molecule has 0 N–H and O–H groups in total. The van der Waals surface area contributed by atoms with E-state index >= 15 is 0 Å². The summed E-state index contributed by atoms with van der Waals surface area (Å²) in [6.45, 7) is 4.29. The number of benzene rings is 2. The van der Waals surface area contributed by atoms with Crippen molar-refractivity contribution in [3.63, 3.8) is 0 Å². The third-order valence-electron chi connectivity index (χ3n) is 4.50. The molecule has 0 atom stereocenters. The lowest BCUT2D eigenvalue weighted by Gasteiger charge is -2.14. The van der Waals surface area contributed by atoms with Gasteiger partial charge in [-0.05, 0) is 47.4 Å². The minimum atomic E-state index is 0.914. The Hall–Kier alpha value is -2.54. The van der Waals surface area contributed by atoms with E-state index in [-0.39, 0.29) is 0 Å². The van der Waals surface area contributed by atoms with Gasteiger partial charge in [0.25, 0.3) is 0 Å². The molecule has 0 saturated heterocycles. The zero-order chi connectivity index (χ0) is 15.1. The van der Waals surface area contributed by atoms with Crippen LogP contribution >= 0.6 is 0 Å². The molecule has 1 heteroatoms. The van der Waals surface area contributed by atoms with Gasteiger partial charge in [0.2, 0.25) is 0 Å². The smallest absolute Gasteiger partial charge is 0.135 e. The molecule has 0 radical (unpaired) electrons. The van der Waals surface area contributed by atoms with Gasteiger partial charge in [-0.2, -0.15) is 0 Å². The normalized spacial score (nSPS) is 11.4. The maximum atomic E-state index is 6.13. The fraction of sp³-hybridized carbons (Fsp3) is 0.143. The van der Waals surface area contributed by atoms with Gasteiger partial charge >= 0.3 is 0 Å². The quantitative estimate of drug-likeness (QED) is 0.457. The zero-order valence-corrected chi connectivity index (χ0v) is 12.9. The number of fused-ring (bicyclic) bond motifs is 3. The van der Waals surface area contributed by atoms with Gasteiger partial charge in [0.05, 0.1) is 0 Å². The van der Waals surface area contributed by atoms with Crippen molar-refractivity contribution in [1.29, 1.82) is 0 Å². The molecule has 2 aliphatic rings. The van der Waals surface area contributed by atoms with Crippen molar-refractivity contribution in [2.45, 2.75) is 20.3 Å². The van der Waals surface area contributed by atoms with E-state index in [0.717, 1.165) is 17.9 Å². The molecule has 0 saturated carbocycles. The van der Waals surface area contributed by atoms with Gasteiger partial charge in [-0.15, -0.1) is 0 Å². The maximum Gasteiger partial charge on any atom is 0.135 e. The highest BCUT2D eigenvalue weighted by Gasteiger charge is 2.19. The summed E-state index contributed by atoms with van der Waals surface area (Å²) in [4.78, 5) is 0. The second kappa shape index (κ2) is 5.03. The van der Waals surface area contributed by atoms with Gasteiger partial charge in [0, 0.05) is 12.0 Å². The van der Waals surface area contributed by atoms with Gasteiger partial charge in [-0.25, -0.2) is 0 Å². The van der Waals surface area contributed by atoms with Crippen LogP contribution in [0.15, 0.2) is 65.1 Å². The first kappa shape index (κ1) is 13.1. The van der Waals surface area contributed by atoms with E-state index in [1.54, 1.807) is 0 Å². The second-order valence-corrected chi connectivity index (χ2v) is 5.90. The fourth-order valence-corrected chi connectivity index (χ4v) is 3.36. The number of aryl methyl sites for hydroxylation is 1. The number of hydrogen-bond acceptors (Lipinski definition) is 1. The average Bonchev–Trinajstić information content (AvgIpc) is 2.90. The van der Waals surface area contributed by atoms with E-state index < -0.39 is 0 Å². The Kier molecular flexibility index (Phi) is 3.00. The number of rotatable bonds is 2. The minimum absolute atomic E-state index is 0.914. The summed E-state index contributed by atoms with van der Waals surface area (Å²) in [5.74, 6) is 2.01. The minimum Gasteiger partial charge on any atom is -0.461 e. The van der Waals surface area contributed by atoms with Crippen molar-refractivity contribution in [2.75, 3.05) is 0 Å². The summed E-state index contributed by atoms with van der Waals surface area (Å²) in [6.07, 6.45) is 0.914. The van der Waals surface area contributed by atoms with Crippen LogP contribution in [-0.4, -0.2) is 0 Å². The SMILES string of the molecule is Cc1oc2cc3ccccc3c-2c(C)c1Cc1ccccc1. The molecule has 0 aromatic heterocycles. The first-order valence-corrected chi connectivity index (χ1v) is 7.68. The zero-order valence-electron chi connectivity index (χ0n) is 12.9. The molecular formula is C21H18O. The molecule has 0 spiro atoms. The number of hydrogen-bond donors (Lipinski definition) is 0. The molecule has 22 heavy (non-hydrogen) atoms. The Morgan fingerprint density at radius 2 is 1.59 bits per heavy atom. The Morgan fingerprint density at radius 1 is 0.864 bits per heavy atom. The summed E-state index contributed by atoms with van der Waals surface area (Å²) in [5.41, 5.74) is 5.21. The van der Waals surface area contributed by atoms with Crippen LogP contribution in [0.25, 0.3) is 22.1 Å². The summed E-state index contributed by atoms with van der Waals surface area (Å²) in [6, 6.07) is 21.2. The largest absolute Gasteiger partial charge is 0.461 e. The van der Waals surface area contributed by atoms with Crippen molar-refractivity contribution in [2.24, 2.45) is 0 Å². The molecule has 1 aliphatic carbocycles. The van der Waals surface area contributed by atoms with E-state index in [1.807, 2.05) is 0 Å². The van der Waals surface area contributed by atoms with Crippen molar-refractivity contribution < 1.29 is 4.42 Å². The van der Waals surface area contributed by atoms with Crippen molar-refractivity contribution in [3.8, 4) is 11.3 Å². The van der Waals surface area contributed by atoms with Gasteiger partial charge in [-0.3, -0.25) is 0 Å². The summed E-state index contributed by atoms with van der Waals surface area (Å²) in [5, 5.41) is 2.54. The highest BCUT2D eigenvalue weighted by Crippen LogP contribution is 2.39. The average molecular weight is 286 g/mol. The Balaban J connectivity index is 1.95. The van der Waals surface area contributed by atoms with Crippen molar-refractivity contribution in [1.82, 2.24) is 0 Å². The van der Waals surface area contributed by atoms with Crippen LogP contribution < -0.4 is 0 Å². The third-order valence-corrected chi connectivity index (χ3v) is 4.50. The molecule has 2 aromatic rings. The summed E-state index contributed by atoms with van der Waals surface area (Å²) >= 11 is 0. The fourth-order valence-electron chi connectivity index (χ4n) is 3.36. The monoisotopic (exact) mass is 286 g/mol. The van der Waals surface area contributed by atoms with Crippen LogP contribution in [0.3, 0.4) is 0 Å². The van der Waals surface area contributed by atoms with E-state index in [0.29, 0.717) is 0 Å². The van der Waals surface area contributed by atoms with E-state index in [4.69, 9.17) is 4.42 Å². The lowest BCUT2D eigenvalue weighted by Crippen LogP contribution is -1.98. The lowest BCUT2D eigenvalue weighted by atomic mass is 9.95. The van der Waals surface area contributed by atoms with Crippen molar-refractivity contribution in [3.05, 3.63) is 83.1 Å². The lowest BCUT2D eigenvalue weighted by molar-refractivity contribution is 0.523. The molecule has 1 heterocycles. The van der Waals surface area contributed by atoms with Crippen LogP contribution in [0.1, 0.15) is 22.5 Å². The Morgan fingerprint density at radius 3 is 2.41 bits per heavy atom. The molecular weight excluding hydrogens is 268 g/mol.